The predicted molar refractivity (Wildman–Crippen MR) is 136 cm³/mol. The number of anilines is 1. The van der Waals surface area contributed by atoms with Gasteiger partial charge in [0.2, 0.25) is 4.80 Å². The normalized spacial score (nSPS) is 23.1. The summed E-state index contributed by atoms with van der Waals surface area (Å²) in [5.74, 6) is 1.88. The first-order valence-corrected chi connectivity index (χ1v) is 12.5. The largest absolute Gasteiger partial charge is 0.482 e. The second-order valence-electron chi connectivity index (χ2n) is 9.70. The smallest absolute Gasteiger partial charge is 0.262 e. The first kappa shape index (κ1) is 21.1. The van der Waals surface area contributed by atoms with Crippen LogP contribution in [0, 0.1) is 17.3 Å². The van der Waals surface area contributed by atoms with Gasteiger partial charge in [-0.25, -0.2) is 9.67 Å². The summed E-state index contributed by atoms with van der Waals surface area (Å²) in [6.07, 6.45) is 6.74. The average molecular weight is 471 g/mol. The Balaban J connectivity index is 1.43. The number of amides is 1. The molecule has 1 aromatic heterocycles. The molecule has 1 saturated carbocycles. The number of hydrogen-bond donors (Lipinski definition) is 1. The second-order valence-corrected chi connectivity index (χ2v) is 10.5. The lowest BCUT2D eigenvalue weighted by molar-refractivity contribution is -0.118. The summed E-state index contributed by atoms with van der Waals surface area (Å²) < 4.78 is 7.44. The molecule has 2 bridgehead atoms. The summed E-state index contributed by atoms with van der Waals surface area (Å²) in [4.78, 5) is 17.5. The van der Waals surface area contributed by atoms with Crippen LogP contribution < -0.4 is 14.9 Å². The number of para-hydroxylation sites is 1. The minimum Gasteiger partial charge on any atom is -0.482 e. The molecule has 2 unspecified atom stereocenters. The first-order chi connectivity index (χ1) is 16.5. The fourth-order valence-electron chi connectivity index (χ4n) is 5.21. The van der Waals surface area contributed by atoms with E-state index in [2.05, 4.69) is 30.6 Å². The van der Waals surface area contributed by atoms with Crippen molar-refractivity contribution in [3.63, 3.8) is 0 Å². The van der Waals surface area contributed by atoms with Crippen molar-refractivity contribution >= 4 is 34.8 Å². The molecule has 3 aliphatic carbocycles. The summed E-state index contributed by atoms with van der Waals surface area (Å²) in [5.41, 5.74) is 5.07. The molecule has 1 aliphatic heterocycles. The number of aromatic nitrogens is 1. The highest BCUT2D eigenvalue weighted by molar-refractivity contribution is 7.07. The molecule has 34 heavy (non-hydrogen) atoms. The molecule has 2 heterocycles. The number of carbonyl (C=O) groups excluding carboxylic acids is 1. The lowest BCUT2D eigenvalue weighted by Crippen LogP contribution is -2.48. The maximum atomic E-state index is 11.8. The Kier molecular flexibility index (Phi) is 5.03. The van der Waals surface area contributed by atoms with Crippen molar-refractivity contribution in [3.05, 3.63) is 70.4 Å². The van der Waals surface area contributed by atoms with Gasteiger partial charge in [-0.2, -0.15) is 5.10 Å². The van der Waals surface area contributed by atoms with Crippen LogP contribution in [0.25, 0.3) is 11.3 Å². The highest BCUT2D eigenvalue weighted by atomic mass is 32.1. The van der Waals surface area contributed by atoms with Crippen LogP contribution in [-0.4, -0.2) is 23.4 Å². The van der Waals surface area contributed by atoms with Gasteiger partial charge in [0.25, 0.3) is 5.91 Å². The van der Waals surface area contributed by atoms with E-state index in [1.807, 2.05) is 59.4 Å². The van der Waals surface area contributed by atoms with E-state index in [1.165, 1.54) is 12.0 Å². The number of carbonyl (C=O) groups is 1. The molecule has 2 aromatic carbocycles. The fraction of sp³-hybridized carbons (Fsp3) is 0.296. The Morgan fingerprint density at radius 3 is 2.85 bits per heavy atom. The zero-order valence-corrected chi connectivity index (χ0v) is 20.0. The van der Waals surface area contributed by atoms with E-state index in [4.69, 9.17) is 14.8 Å². The van der Waals surface area contributed by atoms with Crippen LogP contribution in [0.2, 0.25) is 0 Å². The third-order valence-electron chi connectivity index (χ3n) is 7.41. The van der Waals surface area contributed by atoms with Crippen molar-refractivity contribution < 1.29 is 9.53 Å². The van der Waals surface area contributed by atoms with E-state index in [1.54, 1.807) is 11.3 Å². The number of allylic oxidation sites excluding steroid dienone is 2. The molecule has 0 saturated heterocycles. The van der Waals surface area contributed by atoms with Gasteiger partial charge in [-0.15, -0.1) is 11.3 Å². The predicted octanol–water partition coefficient (Wildman–Crippen LogP) is 5.61. The molecule has 6 nitrogen and oxygen atoms in total. The van der Waals surface area contributed by atoms with E-state index < -0.39 is 0 Å². The van der Waals surface area contributed by atoms with Crippen LogP contribution in [0.1, 0.15) is 26.7 Å². The van der Waals surface area contributed by atoms with E-state index in [-0.39, 0.29) is 12.5 Å². The van der Waals surface area contributed by atoms with Gasteiger partial charge in [-0.3, -0.25) is 4.79 Å². The van der Waals surface area contributed by atoms with E-state index >= 15 is 0 Å². The standard InChI is InChI=1S/C27H26N4O2S/c1-27(2)19-10-8-18(21(27)13-19)14-28-31-23(16-34-26(31)29-20-6-4-3-5-7-20)17-9-11-24-22(12-17)30-25(32)15-33-24/h3-9,11-12,14,16,19,21H,10,13,15H2,1-2H3,(H,30,32). The van der Waals surface area contributed by atoms with Gasteiger partial charge in [0.1, 0.15) is 5.75 Å². The average Bonchev–Trinajstić information content (AvgIpc) is 3.25. The Bertz CT molecular complexity index is 1400. The zero-order chi connectivity index (χ0) is 23.3. The van der Waals surface area contributed by atoms with Crippen LogP contribution >= 0.6 is 11.3 Å². The summed E-state index contributed by atoms with van der Waals surface area (Å²) in [7, 11) is 0. The molecule has 3 aromatic rings. The van der Waals surface area contributed by atoms with Crippen LogP contribution in [0.4, 0.5) is 11.4 Å². The van der Waals surface area contributed by atoms with E-state index in [0.29, 0.717) is 22.8 Å². The maximum Gasteiger partial charge on any atom is 0.262 e. The highest BCUT2D eigenvalue weighted by Crippen LogP contribution is 2.58. The first-order valence-electron chi connectivity index (χ1n) is 11.6. The number of fused-ring (bicyclic) bond motifs is 2. The molecule has 0 radical (unpaired) electrons. The number of nitrogens with zero attached hydrogens (tertiary/aromatic N) is 3. The van der Waals surface area contributed by atoms with Crippen LogP contribution in [-0.2, 0) is 4.79 Å². The van der Waals surface area contributed by atoms with Crippen molar-refractivity contribution in [2.45, 2.75) is 26.7 Å². The molecule has 0 spiro atoms. The summed E-state index contributed by atoms with van der Waals surface area (Å²) in [6.45, 7) is 4.79. The number of nitrogens with one attached hydrogen (secondary N) is 1. The molecule has 2 atom stereocenters. The monoisotopic (exact) mass is 470 g/mol. The quantitative estimate of drug-likeness (QED) is 0.504. The number of rotatable bonds is 4. The van der Waals surface area contributed by atoms with Gasteiger partial charge in [-0.05, 0) is 66.0 Å². The third kappa shape index (κ3) is 3.60. The molecule has 7 heteroatoms. The molecule has 4 aliphatic rings. The van der Waals surface area contributed by atoms with Crippen LogP contribution in [0.15, 0.2) is 75.7 Å². The molecule has 7 rings (SSSR count). The summed E-state index contributed by atoms with van der Waals surface area (Å²) in [5, 5.41) is 9.91. The van der Waals surface area contributed by atoms with Crippen molar-refractivity contribution in [2.75, 3.05) is 11.9 Å². The maximum absolute atomic E-state index is 11.8. The number of benzene rings is 2. The van der Waals surface area contributed by atoms with Crippen molar-refractivity contribution in [2.24, 2.45) is 27.3 Å². The van der Waals surface area contributed by atoms with E-state index in [9.17, 15) is 4.79 Å². The molecule has 1 amide bonds. The minimum absolute atomic E-state index is 0.0443. The van der Waals surface area contributed by atoms with Gasteiger partial charge < -0.3 is 10.1 Å². The molecule has 172 valence electrons. The van der Waals surface area contributed by atoms with Gasteiger partial charge in [0.15, 0.2) is 6.61 Å². The SMILES string of the molecule is CC1(C)C2CC=C(C=Nn3c(-c4ccc5c(c4)NC(=O)CO5)csc3=Nc3ccccc3)C1C2. The Labute approximate surface area is 202 Å². The van der Waals surface area contributed by atoms with Crippen LogP contribution in [0.5, 0.6) is 5.75 Å². The van der Waals surface area contributed by atoms with Crippen LogP contribution in [0.3, 0.4) is 0 Å². The zero-order valence-electron chi connectivity index (χ0n) is 19.2. The van der Waals surface area contributed by atoms with Gasteiger partial charge in [0, 0.05) is 10.9 Å². The number of thiazole rings is 1. The highest BCUT2D eigenvalue weighted by Gasteiger charge is 2.50. The Morgan fingerprint density at radius 2 is 2.06 bits per heavy atom. The van der Waals surface area contributed by atoms with E-state index in [0.717, 1.165) is 34.1 Å². The summed E-state index contributed by atoms with van der Waals surface area (Å²) in [6, 6.07) is 15.7. The van der Waals surface area contributed by atoms with Crippen molar-refractivity contribution in [1.29, 1.82) is 0 Å². The van der Waals surface area contributed by atoms with Gasteiger partial charge in [0.05, 0.1) is 23.3 Å². The van der Waals surface area contributed by atoms with Crippen molar-refractivity contribution in [1.82, 2.24) is 4.68 Å². The topological polar surface area (TPSA) is 68.0 Å². The molecule has 1 N–H and O–H groups in total. The molecule has 1 fully saturated rings. The second kappa shape index (κ2) is 8.09. The number of hydrogen-bond acceptors (Lipinski definition) is 5. The lowest BCUT2D eigenvalue weighted by atomic mass is 9.49. The molecular formula is C27H26N4O2S. The number of ether oxygens (including phenoxy) is 1. The molecular weight excluding hydrogens is 444 g/mol. The Morgan fingerprint density at radius 1 is 1.21 bits per heavy atom. The third-order valence-corrected chi connectivity index (χ3v) is 8.22. The lowest BCUT2D eigenvalue weighted by Gasteiger charge is -2.55. The van der Waals surface area contributed by atoms with Gasteiger partial charge in [-0.1, -0.05) is 38.1 Å². The fourth-order valence-corrected chi connectivity index (χ4v) is 6.07. The summed E-state index contributed by atoms with van der Waals surface area (Å²) >= 11 is 1.55. The minimum atomic E-state index is -0.147. The van der Waals surface area contributed by atoms with Gasteiger partial charge >= 0.3 is 0 Å². The van der Waals surface area contributed by atoms with Crippen molar-refractivity contribution in [3.8, 4) is 17.0 Å². The Hall–Kier alpha value is -3.45.